The SMILES string of the molecule is CCCCc1ccc(C2(c3ccc(CCCC)cc3)N[N+](c3ccccc3)(c3ccccc3)C=C2C=O)cc1. The summed E-state index contributed by atoms with van der Waals surface area (Å²) in [5.41, 5.74) is 10.8. The normalized spacial score (nSPS) is 15.6. The molecule has 1 aliphatic rings. The van der Waals surface area contributed by atoms with Crippen LogP contribution in [-0.2, 0) is 23.2 Å². The molecule has 0 bridgehead atoms. The molecular weight excluding hydrogens is 476 g/mol. The number of para-hydroxylation sites is 2. The first-order valence-corrected chi connectivity index (χ1v) is 14.3. The van der Waals surface area contributed by atoms with Gasteiger partial charge < -0.3 is 0 Å². The van der Waals surface area contributed by atoms with Gasteiger partial charge in [0, 0.05) is 24.3 Å². The fourth-order valence-corrected chi connectivity index (χ4v) is 5.77. The highest BCUT2D eigenvalue weighted by Crippen LogP contribution is 2.48. The first kappa shape index (κ1) is 26.8. The zero-order valence-electron chi connectivity index (χ0n) is 23.1. The fourth-order valence-electron chi connectivity index (χ4n) is 5.77. The zero-order valence-corrected chi connectivity index (χ0v) is 23.1. The maximum Gasteiger partial charge on any atom is 0.162 e. The molecular formula is C36H39N2O+. The monoisotopic (exact) mass is 515 g/mol. The van der Waals surface area contributed by atoms with Gasteiger partial charge in [-0.1, -0.05) is 112 Å². The van der Waals surface area contributed by atoms with Crippen LogP contribution < -0.4 is 10.0 Å². The van der Waals surface area contributed by atoms with Crippen LogP contribution >= 0.6 is 0 Å². The van der Waals surface area contributed by atoms with Crippen molar-refractivity contribution in [1.29, 1.82) is 0 Å². The van der Waals surface area contributed by atoms with Gasteiger partial charge in [-0.3, -0.25) is 4.79 Å². The van der Waals surface area contributed by atoms with Crippen LogP contribution in [0, 0.1) is 0 Å². The van der Waals surface area contributed by atoms with E-state index in [0.717, 1.165) is 41.6 Å². The lowest BCUT2D eigenvalue weighted by Crippen LogP contribution is -2.56. The number of hydrogen-bond donors (Lipinski definition) is 1. The minimum Gasteiger partial charge on any atom is -0.298 e. The van der Waals surface area contributed by atoms with Crippen LogP contribution in [0.3, 0.4) is 0 Å². The molecule has 0 aliphatic carbocycles. The number of quaternary nitrogens is 1. The van der Waals surface area contributed by atoms with Gasteiger partial charge in [0.1, 0.15) is 6.20 Å². The summed E-state index contributed by atoms with van der Waals surface area (Å²) in [6.07, 6.45) is 9.94. The van der Waals surface area contributed by atoms with Crippen molar-refractivity contribution in [2.75, 3.05) is 0 Å². The second-order valence-corrected chi connectivity index (χ2v) is 10.6. The van der Waals surface area contributed by atoms with Crippen LogP contribution in [0.1, 0.15) is 61.8 Å². The molecule has 0 spiro atoms. The number of carbonyl (C=O) groups excluding carboxylic acids is 1. The van der Waals surface area contributed by atoms with E-state index in [4.69, 9.17) is 0 Å². The third-order valence-corrected chi connectivity index (χ3v) is 7.98. The molecule has 4 aromatic rings. The maximum absolute atomic E-state index is 13.0. The summed E-state index contributed by atoms with van der Waals surface area (Å²) in [5, 5.41) is 0. The predicted molar refractivity (Wildman–Crippen MR) is 163 cm³/mol. The zero-order chi connectivity index (χ0) is 27.1. The first-order valence-electron chi connectivity index (χ1n) is 14.3. The van der Waals surface area contributed by atoms with E-state index in [1.807, 2.05) is 12.1 Å². The molecule has 39 heavy (non-hydrogen) atoms. The summed E-state index contributed by atoms with van der Waals surface area (Å²) in [7, 11) is 0. The number of aldehydes is 1. The Balaban J connectivity index is 1.71. The number of carbonyl (C=O) groups is 1. The van der Waals surface area contributed by atoms with Crippen molar-refractivity contribution in [2.24, 2.45) is 0 Å². The van der Waals surface area contributed by atoms with Gasteiger partial charge in [-0.15, -0.1) is 5.43 Å². The molecule has 4 aromatic carbocycles. The quantitative estimate of drug-likeness (QED) is 0.160. The molecule has 198 valence electrons. The molecule has 0 radical (unpaired) electrons. The van der Waals surface area contributed by atoms with Crippen LogP contribution in [0.25, 0.3) is 0 Å². The lowest BCUT2D eigenvalue weighted by molar-refractivity contribution is -0.105. The van der Waals surface area contributed by atoms with Crippen molar-refractivity contribution in [3.8, 4) is 0 Å². The fraction of sp³-hybridized carbons (Fsp3) is 0.250. The van der Waals surface area contributed by atoms with Gasteiger partial charge in [-0.05, 0) is 47.9 Å². The van der Waals surface area contributed by atoms with Crippen LogP contribution in [0.2, 0.25) is 0 Å². The van der Waals surface area contributed by atoms with Crippen molar-refractivity contribution in [1.82, 2.24) is 10.0 Å². The third kappa shape index (κ3) is 5.13. The van der Waals surface area contributed by atoms with E-state index in [-0.39, 0.29) is 4.59 Å². The Morgan fingerprint density at radius 3 is 1.46 bits per heavy atom. The van der Waals surface area contributed by atoms with E-state index in [9.17, 15) is 4.79 Å². The Morgan fingerprint density at radius 1 is 0.641 bits per heavy atom. The molecule has 0 saturated heterocycles. The van der Waals surface area contributed by atoms with E-state index in [1.165, 1.54) is 36.8 Å². The minimum atomic E-state index is -0.819. The van der Waals surface area contributed by atoms with Gasteiger partial charge in [0.05, 0.1) is 5.57 Å². The molecule has 0 saturated carbocycles. The molecule has 3 nitrogen and oxygen atoms in total. The van der Waals surface area contributed by atoms with Crippen molar-refractivity contribution in [2.45, 2.75) is 57.9 Å². The van der Waals surface area contributed by atoms with Crippen molar-refractivity contribution in [3.05, 3.63) is 143 Å². The van der Waals surface area contributed by atoms with Crippen LogP contribution in [0.4, 0.5) is 11.4 Å². The Morgan fingerprint density at radius 2 is 1.08 bits per heavy atom. The average molecular weight is 516 g/mol. The third-order valence-electron chi connectivity index (χ3n) is 7.98. The highest BCUT2D eigenvalue weighted by Gasteiger charge is 2.54. The van der Waals surface area contributed by atoms with Crippen molar-refractivity contribution in [3.63, 3.8) is 0 Å². The second kappa shape index (κ2) is 11.9. The summed E-state index contributed by atoms with van der Waals surface area (Å²) >= 11 is 0. The molecule has 0 aromatic heterocycles. The number of aryl methyl sites for hydroxylation is 2. The van der Waals surface area contributed by atoms with E-state index in [2.05, 4.69) is 123 Å². The van der Waals surface area contributed by atoms with Gasteiger partial charge in [0.15, 0.2) is 23.2 Å². The summed E-state index contributed by atoms with van der Waals surface area (Å²) in [5.74, 6) is 0. The molecule has 5 rings (SSSR count). The van der Waals surface area contributed by atoms with Crippen molar-refractivity contribution >= 4 is 17.7 Å². The molecule has 3 heteroatoms. The average Bonchev–Trinajstić information content (AvgIpc) is 3.38. The topological polar surface area (TPSA) is 29.1 Å². The Kier molecular flexibility index (Phi) is 8.21. The Bertz CT molecular complexity index is 1300. The molecule has 1 N–H and O–H groups in total. The minimum absolute atomic E-state index is 0.241. The van der Waals surface area contributed by atoms with E-state index in [0.29, 0.717) is 5.57 Å². The molecule has 1 aliphatic heterocycles. The van der Waals surface area contributed by atoms with Gasteiger partial charge in [0.2, 0.25) is 0 Å². The molecule has 0 atom stereocenters. The van der Waals surface area contributed by atoms with Gasteiger partial charge >= 0.3 is 0 Å². The summed E-state index contributed by atoms with van der Waals surface area (Å²) in [6, 6.07) is 38.5. The van der Waals surface area contributed by atoms with E-state index in [1.54, 1.807) is 0 Å². The van der Waals surface area contributed by atoms with Crippen LogP contribution in [-0.4, -0.2) is 6.29 Å². The summed E-state index contributed by atoms with van der Waals surface area (Å²) < 4.78 is 0.241. The standard InChI is InChI=1S/C36H39N2O/c1-3-5-13-29-19-23-31(24-20-29)36(32-25-21-30(22-26-32)14-6-4-2)33(28-39)27-38(37-36,34-15-9-7-10-16-34)35-17-11-8-12-18-35/h7-12,15-28,37H,3-6,13-14H2,1-2H3/q+1. The molecule has 0 amide bonds. The largest absolute Gasteiger partial charge is 0.298 e. The number of nitrogens with zero attached hydrogens (tertiary/aromatic N) is 1. The van der Waals surface area contributed by atoms with E-state index < -0.39 is 5.54 Å². The number of hydrogen-bond acceptors (Lipinski definition) is 2. The number of rotatable bonds is 11. The number of nitrogens with one attached hydrogen (secondary N) is 1. The molecule has 0 fully saturated rings. The van der Waals surface area contributed by atoms with Gasteiger partial charge in [-0.2, -0.15) is 4.59 Å². The van der Waals surface area contributed by atoms with Crippen molar-refractivity contribution < 1.29 is 4.79 Å². The number of unbranched alkanes of at least 4 members (excludes halogenated alkanes) is 2. The Hall–Kier alpha value is -3.79. The maximum atomic E-state index is 13.0. The lowest BCUT2D eigenvalue weighted by atomic mass is 9.78. The first-order chi connectivity index (χ1) is 19.2. The predicted octanol–water partition coefficient (Wildman–Crippen LogP) is 8.56. The highest BCUT2D eigenvalue weighted by atomic mass is 16.1. The lowest BCUT2D eigenvalue weighted by Gasteiger charge is -2.37. The highest BCUT2D eigenvalue weighted by molar-refractivity contribution is 5.84. The Labute approximate surface area is 233 Å². The van der Waals surface area contributed by atoms with Crippen LogP contribution in [0.5, 0.6) is 0 Å². The second-order valence-electron chi connectivity index (χ2n) is 10.6. The van der Waals surface area contributed by atoms with Crippen LogP contribution in [0.15, 0.2) is 121 Å². The van der Waals surface area contributed by atoms with E-state index >= 15 is 0 Å². The number of benzene rings is 4. The molecule has 0 unspecified atom stereocenters. The van der Waals surface area contributed by atoms with Gasteiger partial charge in [0.25, 0.3) is 0 Å². The summed E-state index contributed by atoms with van der Waals surface area (Å²) in [4.78, 5) is 13.0. The van der Waals surface area contributed by atoms with Gasteiger partial charge in [-0.25, -0.2) is 0 Å². The smallest absolute Gasteiger partial charge is 0.162 e. The molecule has 1 heterocycles. The summed E-state index contributed by atoms with van der Waals surface area (Å²) in [6.45, 7) is 4.45.